The topological polar surface area (TPSA) is 30.5 Å². The number of nitrogens with one attached hydrogen (secondary N) is 1. The Morgan fingerprint density at radius 1 is 1.30 bits per heavy atom. The Labute approximate surface area is 122 Å². The Hall–Kier alpha value is -0.900. The van der Waals surface area contributed by atoms with Crippen molar-refractivity contribution in [2.24, 2.45) is 0 Å². The second-order valence-corrected chi connectivity index (χ2v) is 5.59. The van der Waals surface area contributed by atoms with Crippen LogP contribution in [0.2, 0.25) is 0 Å². The number of hydrogen-bond donors (Lipinski definition) is 1. The lowest BCUT2D eigenvalue weighted by Crippen LogP contribution is -2.38. The van der Waals surface area contributed by atoms with Gasteiger partial charge in [0.1, 0.15) is 0 Å². The Balaban J connectivity index is 1.85. The van der Waals surface area contributed by atoms with Gasteiger partial charge in [-0.3, -0.25) is 0 Å². The van der Waals surface area contributed by atoms with E-state index in [1.807, 2.05) is 0 Å². The van der Waals surface area contributed by atoms with Gasteiger partial charge in [-0.2, -0.15) is 0 Å². The molecule has 3 nitrogen and oxygen atoms in total. The predicted molar refractivity (Wildman–Crippen MR) is 81.7 cm³/mol. The number of benzene rings is 1. The van der Waals surface area contributed by atoms with Gasteiger partial charge in [-0.05, 0) is 30.4 Å². The lowest BCUT2D eigenvalue weighted by atomic mass is 9.99. The first-order valence-electron chi connectivity index (χ1n) is 7.74. The van der Waals surface area contributed by atoms with Gasteiger partial charge in [-0.25, -0.2) is 0 Å². The van der Waals surface area contributed by atoms with Crippen LogP contribution in [0, 0.1) is 0 Å². The molecule has 2 rings (SSSR count). The van der Waals surface area contributed by atoms with Crippen molar-refractivity contribution in [3.63, 3.8) is 0 Å². The second kappa shape index (κ2) is 8.40. The maximum Gasteiger partial charge on any atom is 0.0716 e. The minimum absolute atomic E-state index is 0.445. The average Bonchev–Trinajstić information content (AvgIpc) is 2.47. The van der Waals surface area contributed by atoms with Crippen molar-refractivity contribution < 1.29 is 9.47 Å². The lowest BCUT2D eigenvalue weighted by Gasteiger charge is -2.30. The van der Waals surface area contributed by atoms with Gasteiger partial charge in [0.15, 0.2) is 0 Å². The van der Waals surface area contributed by atoms with Gasteiger partial charge in [0, 0.05) is 26.3 Å². The highest BCUT2D eigenvalue weighted by Gasteiger charge is 2.21. The molecule has 0 aromatic heterocycles. The van der Waals surface area contributed by atoms with Crippen LogP contribution in [0.1, 0.15) is 43.7 Å². The summed E-state index contributed by atoms with van der Waals surface area (Å²) in [5.74, 6) is 0. The number of ether oxygens (including phenoxy) is 2. The zero-order valence-electron chi connectivity index (χ0n) is 12.7. The first kappa shape index (κ1) is 15.5. The molecule has 1 aromatic carbocycles. The van der Waals surface area contributed by atoms with E-state index in [1.165, 1.54) is 24.0 Å². The molecule has 0 spiro atoms. The summed E-state index contributed by atoms with van der Waals surface area (Å²) in [6.45, 7) is 4.72. The molecule has 1 aliphatic rings. The van der Waals surface area contributed by atoms with Crippen LogP contribution in [0.15, 0.2) is 24.3 Å². The summed E-state index contributed by atoms with van der Waals surface area (Å²) in [6.07, 6.45) is 5.08. The molecule has 112 valence electrons. The van der Waals surface area contributed by atoms with E-state index in [9.17, 15) is 0 Å². The van der Waals surface area contributed by atoms with Gasteiger partial charge in [-0.1, -0.05) is 37.6 Å². The zero-order valence-corrected chi connectivity index (χ0v) is 12.7. The van der Waals surface area contributed by atoms with Gasteiger partial charge < -0.3 is 14.8 Å². The predicted octanol–water partition coefficient (Wildman–Crippen LogP) is 3.27. The molecule has 1 saturated heterocycles. The largest absolute Gasteiger partial charge is 0.380 e. The Morgan fingerprint density at radius 3 is 2.85 bits per heavy atom. The van der Waals surface area contributed by atoms with Crippen LogP contribution in [-0.4, -0.2) is 25.9 Å². The van der Waals surface area contributed by atoms with Gasteiger partial charge in [0.2, 0.25) is 0 Å². The molecule has 2 atom stereocenters. The molecule has 1 fully saturated rings. The van der Waals surface area contributed by atoms with E-state index in [1.54, 1.807) is 7.11 Å². The van der Waals surface area contributed by atoms with Crippen molar-refractivity contribution >= 4 is 0 Å². The fraction of sp³-hybridized carbons (Fsp3) is 0.647. The molecule has 1 aromatic rings. The van der Waals surface area contributed by atoms with Crippen LogP contribution in [-0.2, 0) is 22.6 Å². The molecule has 0 saturated carbocycles. The summed E-state index contributed by atoms with van der Waals surface area (Å²) in [6, 6.07) is 9.08. The molecule has 0 bridgehead atoms. The van der Waals surface area contributed by atoms with Crippen LogP contribution in [0.25, 0.3) is 0 Å². The molecular weight excluding hydrogens is 250 g/mol. The zero-order chi connectivity index (χ0) is 14.2. The van der Waals surface area contributed by atoms with Crippen molar-refractivity contribution in [2.75, 3.05) is 13.7 Å². The van der Waals surface area contributed by atoms with E-state index in [-0.39, 0.29) is 0 Å². The fourth-order valence-corrected chi connectivity index (χ4v) is 2.87. The van der Waals surface area contributed by atoms with Crippen LogP contribution in [0.3, 0.4) is 0 Å². The van der Waals surface area contributed by atoms with E-state index < -0.39 is 0 Å². The summed E-state index contributed by atoms with van der Waals surface area (Å²) in [5, 5.41) is 3.69. The van der Waals surface area contributed by atoms with Gasteiger partial charge in [-0.15, -0.1) is 0 Å². The highest BCUT2D eigenvalue weighted by Crippen LogP contribution is 2.19. The second-order valence-electron chi connectivity index (χ2n) is 5.59. The SMILES string of the molecule is CCCC1CC(NCc2ccccc2COC)CCO1. The molecule has 0 amide bonds. The van der Waals surface area contributed by atoms with Crippen molar-refractivity contribution in [1.82, 2.24) is 5.32 Å². The smallest absolute Gasteiger partial charge is 0.0716 e. The third-order valence-corrected chi connectivity index (χ3v) is 3.98. The first-order valence-corrected chi connectivity index (χ1v) is 7.74. The summed E-state index contributed by atoms with van der Waals surface area (Å²) in [5.41, 5.74) is 2.62. The lowest BCUT2D eigenvalue weighted by molar-refractivity contribution is -0.00345. The quantitative estimate of drug-likeness (QED) is 0.829. The monoisotopic (exact) mass is 277 g/mol. The Morgan fingerprint density at radius 2 is 2.10 bits per heavy atom. The van der Waals surface area contributed by atoms with E-state index in [2.05, 4.69) is 36.5 Å². The molecule has 20 heavy (non-hydrogen) atoms. The van der Waals surface area contributed by atoms with Crippen LogP contribution >= 0.6 is 0 Å². The van der Waals surface area contributed by atoms with E-state index in [0.717, 1.165) is 26.0 Å². The van der Waals surface area contributed by atoms with Crippen molar-refractivity contribution in [2.45, 2.75) is 57.9 Å². The van der Waals surface area contributed by atoms with Crippen molar-refractivity contribution in [1.29, 1.82) is 0 Å². The molecule has 1 N–H and O–H groups in total. The van der Waals surface area contributed by atoms with E-state index in [0.29, 0.717) is 18.8 Å². The minimum Gasteiger partial charge on any atom is -0.380 e. The maximum atomic E-state index is 5.80. The number of methoxy groups -OCH3 is 1. The van der Waals surface area contributed by atoms with E-state index >= 15 is 0 Å². The molecule has 0 radical (unpaired) electrons. The molecule has 2 unspecified atom stereocenters. The third-order valence-electron chi connectivity index (χ3n) is 3.98. The molecule has 0 aliphatic carbocycles. The fourth-order valence-electron chi connectivity index (χ4n) is 2.87. The number of rotatable bonds is 7. The van der Waals surface area contributed by atoms with Gasteiger partial charge in [0.25, 0.3) is 0 Å². The minimum atomic E-state index is 0.445. The van der Waals surface area contributed by atoms with Crippen molar-refractivity contribution in [3.05, 3.63) is 35.4 Å². The van der Waals surface area contributed by atoms with Gasteiger partial charge >= 0.3 is 0 Å². The highest BCUT2D eigenvalue weighted by molar-refractivity contribution is 5.26. The molecule has 3 heteroatoms. The summed E-state index contributed by atoms with van der Waals surface area (Å²) in [4.78, 5) is 0. The first-order chi connectivity index (χ1) is 9.83. The summed E-state index contributed by atoms with van der Waals surface area (Å²) >= 11 is 0. The molecular formula is C17H27NO2. The molecule has 1 heterocycles. The Bertz CT molecular complexity index is 392. The normalized spacial score (nSPS) is 22.9. The average molecular weight is 277 g/mol. The Kier molecular flexibility index (Phi) is 6.51. The van der Waals surface area contributed by atoms with E-state index in [4.69, 9.17) is 9.47 Å². The summed E-state index contributed by atoms with van der Waals surface area (Å²) in [7, 11) is 1.75. The van der Waals surface area contributed by atoms with Crippen LogP contribution < -0.4 is 5.32 Å². The van der Waals surface area contributed by atoms with Gasteiger partial charge in [0.05, 0.1) is 12.7 Å². The molecule has 1 aliphatic heterocycles. The number of hydrogen-bond acceptors (Lipinski definition) is 3. The maximum absolute atomic E-state index is 5.80. The van der Waals surface area contributed by atoms with Crippen LogP contribution in [0.5, 0.6) is 0 Å². The standard InChI is InChI=1S/C17H27NO2/c1-3-6-17-11-16(9-10-20-17)18-12-14-7-4-5-8-15(14)13-19-2/h4-5,7-8,16-18H,3,6,9-13H2,1-2H3. The highest BCUT2D eigenvalue weighted by atomic mass is 16.5. The van der Waals surface area contributed by atoms with Crippen molar-refractivity contribution in [3.8, 4) is 0 Å². The third kappa shape index (κ3) is 4.58. The summed E-state index contributed by atoms with van der Waals surface area (Å²) < 4.78 is 11.1. The van der Waals surface area contributed by atoms with Crippen LogP contribution in [0.4, 0.5) is 0 Å².